The maximum Gasteiger partial charge on any atom is 0.240 e. The standard InChI is InChI=1S/C12H11N5O/c1-6-11(10-5-14-17-12(13)16-10)8-3-2-7(18)4-9(8)15-6/h2-5,15,18H,1H3,(H2,13,16,17). The normalized spacial score (nSPS) is 10.9. The fourth-order valence-corrected chi connectivity index (χ4v) is 2.09. The van der Waals surface area contributed by atoms with Gasteiger partial charge in [-0.15, -0.1) is 5.10 Å². The number of aromatic hydroxyl groups is 1. The first-order valence-electron chi connectivity index (χ1n) is 5.42. The van der Waals surface area contributed by atoms with Crippen molar-refractivity contribution in [3.05, 3.63) is 30.1 Å². The third-order valence-electron chi connectivity index (χ3n) is 2.80. The van der Waals surface area contributed by atoms with Crippen molar-refractivity contribution >= 4 is 16.9 Å². The Morgan fingerprint density at radius 3 is 2.94 bits per heavy atom. The van der Waals surface area contributed by atoms with Crippen molar-refractivity contribution in [3.8, 4) is 17.0 Å². The van der Waals surface area contributed by atoms with Crippen molar-refractivity contribution in [2.45, 2.75) is 6.92 Å². The number of rotatable bonds is 1. The Hall–Kier alpha value is -2.63. The number of fused-ring (bicyclic) bond motifs is 1. The number of nitrogen functional groups attached to an aromatic ring is 1. The Balaban J connectivity index is 2.32. The summed E-state index contributed by atoms with van der Waals surface area (Å²) in [5.74, 6) is 0.357. The number of hydrogen-bond donors (Lipinski definition) is 3. The molecule has 3 aromatic rings. The molecule has 0 aliphatic heterocycles. The Bertz CT molecular complexity index is 734. The summed E-state index contributed by atoms with van der Waals surface area (Å²) in [5, 5.41) is 17.9. The number of nitrogens with one attached hydrogen (secondary N) is 1. The van der Waals surface area contributed by atoms with E-state index >= 15 is 0 Å². The summed E-state index contributed by atoms with van der Waals surface area (Å²) >= 11 is 0. The molecule has 0 aliphatic carbocycles. The number of benzene rings is 1. The molecule has 3 rings (SSSR count). The summed E-state index contributed by atoms with van der Waals surface area (Å²) < 4.78 is 0. The number of nitrogens with two attached hydrogens (primary N) is 1. The van der Waals surface area contributed by atoms with Crippen LogP contribution in [-0.4, -0.2) is 25.3 Å². The predicted molar refractivity (Wildman–Crippen MR) is 67.9 cm³/mol. The van der Waals surface area contributed by atoms with Crippen molar-refractivity contribution in [1.29, 1.82) is 0 Å². The molecule has 90 valence electrons. The quantitative estimate of drug-likeness (QED) is 0.601. The number of hydrogen-bond acceptors (Lipinski definition) is 5. The highest BCUT2D eigenvalue weighted by atomic mass is 16.3. The van der Waals surface area contributed by atoms with E-state index in [0.717, 1.165) is 22.2 Å². The molecule has 0 atom stereocenters. The SMILES string of the molecule is Cc1[nH]c2cc(O)ccc2c1-c1cnnc(N)n1. The van der Waals surface area contributed by atoms with Gasteiger partial charge in [-0.3, -0.25) is 0 Å². The highest BCUT2D eigenvalue weighted by Gasteiger charge is 2.12. The van der Waals surface area contributed by atoms with Crippen molar-refractivity contribution in [1.82, 2.24) is 20.2 Å². The Labute approximate surface area is 103 Å². The molecule has 6 heteroatoms. The van der Waals surface area contributed by atoms with Crippen LogP contribution in [-0.2, 0) is 0 Å². The second-order valence-corrected chi connectivity index (χ2v) is 4.05. The van der Waals surface area contributed by atoms with E-state index in [1.54, 1.807) is 18.3 Å². The molecule has 0 spiro atoms. The van der Waals surface area contributed by atoms with Crippen molar-refractivity contribution in [2.24, 2.45) is 0 Å². The number of nitrogens with zero attached hydrogens (tertiary/aromatic N) is 3. The number of aryl methyl sites for hydroxylation is 1. The van der Waals surface area contributed by atoms with Gasteiger partial charge in [0.2, 0.25) is 5.95 Å². The van der Waals surface area contributed by atoms with Crippen molar-refractivity contribution in [3.63, 3.8) is 0 Å². The van der Waals surface area contributed by atoms with Crippen LogP contribution in [0.4, 0.5) is 5.95 Å². The molecule has 0 saturated carbocycles. The number of phenols is 1. The average molecular weight is 241 g/mol. The monoisotopic (exact) mass is 241 g/mol. The van der Waals surface area contributed by atoms with Crippen molar-refractivity contribution < 1.29 is 5.11 Å². The van der Waals surface area contributed by atoms with E-state index in [4.69, 9.17) is 5.73 Å². The van der Waals surface area contributed by atoms with Gasteiger partial charge in [-0.05, 0) is 19.1 Å². The van der Waals surface area contributed by atoms with Crippen LogP contribution in [0.15, 0.2) is 24.4 Å². The minimum Gasteiger partial charge on any atom is -0.508 e. The molecule has 0 saturated heterocycles. The van der Waals surface area contributed by atoms with Crippen LogP contribution < -0.4 is 5.73 Å². The fraction of sp³-hybridized carbons (Fsp3) is 0.0833. The Morgan fingerprint density at radius 1 is 1.33 bits per heavy atom. The van der Waals surface area contributed by atoms with E-state index in [1.165, 1.54) is 0 Å². The van der Waals surface area contributed by atoms with Gasteiger partial charge in [-0.25, -0.2) is 4.98 Å². The van der Waals surface area contributed by atoms with Crippen LogP contribution in [0.5, 0.6) is 5.75 Å². The zero-order valence-electron chi connectivity index (χ0n) is 9.68. The molecule has 2 aromatic heterocycles. The van der Waals surface area contributed by atoms with E-state index in [2.05, 4.69) is 20.2 Å². The highest BCUT2D eigenvalue weighted by molar-refractivity contribution is 5.97. The summed E-state index contributed by atoms with van der Waals surface area (Å²) in [7, 11) is 0. The molecule has 0 amide bonds. The third-order valence-corrected chi connectivity index (χ3v) is 2.80. The Morgan fingerprint density at radius 2 is 2.17 bits per heavy atom. The molecular formula is C12H11N5O. The maximum atomic E-state index is 9.47. The minimum absolute atomic E-state index is 0.139. The lowest BCUT2D eigenvalue weighted by molar-refractivity contribution is 0.476. The van der Waals surface area contributed by atoms with E-state index in [0.29, 0.717) is 5.69 Å². The van der Waals surface area contributed by atoms with Crippen LogP contribution in [0.1, 0.15) is 5.69 Å². The van der Waals surface area contributed by atoms with Gasteiger partial charge in [0, 0.05) is 28.2 Å². The molecule has 6 nitrogen and oxygen atoms in total. The zero-order valence-corrected chi connectivity index (χ0v) is 9.68. The van der Waals surface area contributed by atoms with Gasteiger partial charge in [0.25, 0.3) is 0 Å². The van der Waals surface area contributed by atoms with Crippen LogP contribution in [0.2, 0.25) is 0 Å². The number of anilines is 1. The highest BCUT2D eigenvalue weighted by Crippen LogP contribution is 2.32. The lowest BCUT2D eigenvalue weighted by Crippen LogP contribution is -1.98. The van der Waals surface area contributed by atoms with Crippen molar-refractivity contribution in [2.75, 3.05) is 5.73 Å². The van der Waals surface area contributed by atoms with Crippen LogP contribution >= 0.6 is 0 Å². The van der Waals surface area contributed by atoms with Gasteiger partial charge in [0.05, 0.1) is 11.9 Å². The van der Waals surface area contributed by atoms with E-state index in [1.807, 2.05) is 13.0 Å². The van der Waals surface area contributed by atoms with E-state index in [-0.39, 0.29) is 11.7 Å². The van der Waals surface area contributed by atoms with Gasteiger partial charge < -0.3 is 15.8 Å². The van der Waals surface area contributed by atoms with Gasteiger partial charge in [-0.1, -0.05) is 0 Å². The van der Waals surface area contributed by atoms with Gasteiger partial charge in [0.15, 0.2) is 0 Å². The van der Waals surface area contributed by atoms with E-state index < -0.39 is 0 Å². The van der Waals surface area contributed by atoms with E-state index in [9.17, 15) is 5.11 Å². The first-order chi connectivity index (χ1) is 8.65. The molecule has 0 aliphatic rings. The molecular weight excluding hydrogens is 230 g/mol. The predicted octanol–water partition coefficient (Wildman–Crippen LogP) is 1.62. The first kappa shape index (κ1) is 10.5. The Kier molecular flexibility index (Phi) is 2.16. The largest absolute Gasteiger partial charge is 0.508 e. The lowest BCUT2D eigenvalue weighted by atomic mass is 10.1. The molecule has 4 N–H and O–H groups in total. The number of H-pyrrole nitrogens is 1. The fourth-order valence-electron chi connectivity index (χ4n) is 2.09. The topological polar surface area (TPSA) is 101 Å². The number of phenolic OH excluding ortho intramolecular Hbond substituents is 1. The van der Waals surface area contributed by atoms with Gasteiger partial charge in [0.1, 0.15) is 5.75 Å². The van der Waals surface area contributed by atoms with Gasteiger partial charge in [-0.2, -0.15) is 5.10 Å². The molecule has 0 radical (unpaired) electrons. The third kappa shape index (κ3) is 1.55. The van der Waals surface area contributed by atoms with Crippen LogP contribution in [0.25, 0.3) is 22.2 Å². The number of aromatic amines is 1. The summed E-state index contributed by atoms with van der Waals surface area (Å²) in [6, 6.07) is 5.14. The summed E-state index contributed by atoms with van der Waals surface area (Å²) in [6.07, 6.45) is 1.57. The summed E-state index contributed by atoms with van der Waals surface area (Å²) in [4.78, 5) is 7.37. The minimum atomic E-state index is 0.139. The summed E-state index contributed by atoms with van der Waals surface area (Å²) in [6.45, 7) is 1.94. The van der Waals surface area contributed by atoms with Crippen LogP contribution in [0, 0.1) is 6.92 Å². The molecule has 18 heavy (non-hydrogen) atoms. The lowest BCUT2D eigenvalue weighted by Gasteiger charge is -2.00. The average Bonchev–Trinajstić information content (AvgIpc) is 2.64. The second-order valence-electron chi connectivity index (χ2n) is 4.05. The molecule has 0 bridgehead atoms. The van der Waals surface area contributed by atoms with Crippen LogP contribution in [0.3, 0.4) is 0 Å². The molecule has 1 aromatic carbocycles. The molecule has 0 unspecified atom stereocenters. The second kappa shape index (κ2) is 3.69. The molecule has 0 fully saturated rings. The first-order valence-corrected chi connectivity index (χ1v) is 5.42. The van der Waals surface area contributed by atoms with Gasteiger partial charge >= 0.3 is 0 Å². The summed E-state index contributed by atoms with van der Waals surface area (Å²) in [5.41, 5.74) is 8.92. The zero-order chi connectivity index (χ0) is 12.7. The number of aromatic nitrogens is 4. The molecule has 2 heterocycles. The smallest absolute Gasteiger partial charge is 0.240 e. The maximum absolute atomic E-state index is 9.47.